The molecule has 1 saturated heterocycles. The number of rotatable bonds is 2. The van der Waals surface area contributed by atoms with Gasteiger partial charge < -0.3 is 9.80 Å². The molecule has 1 fully saturated rings. The standard InChI is InChI=1S/C13H18N4O3/c1-9-7-15(3)8-10(2)16(9)13(18)12-5-4-11(6-14-12)17(19)20/h4-6,9-10H,7-8H2,1-3H3/t9-,10+. The van der Waals surface area contributed by atoms with Gasteiger partial charge in [0.1, 0.15) is 11.9 Å². The highest BCUT2D eigenvalue weighted by molar-refractivity contribution is 5.93. The van der Waals surface area contributed by atoms with Crippen molar-refractivity contribution in [1.29, 1.82) is 0 Å². The summed E-state index contributed by atoms with van der Waals surface area (Å²) >= 11 is 0. The van der Waals surface area contributed by atoms with Crippen LogP contribution in [0.4, 0.5) is 5.69 Å². The first-order valence-electron chi connectivity index (χ1n) is 6.51. The second kappa shape index (κ2) is 5.54. The van der Waals surface area contributed by atoms with E-state index in [4.69, 9.17) is 0 Å². The normalized spacial score (nSPS) is 23.6. The number of piperazine rings is 1. The van der Waals surface area contributed by atoms with E-state index in [1.165, 1.54) is 12.1 Å². The van der Waals surface area contributed by atoms with Gasteiger partial charge in [0.05, 0.1) is 4.92 Å². The van der Waals surface area contributed by atoms with Gasteiger partial charge in [0.25, 0.3) is 11.6 Å². The third kappa shape index (κ3) is 2.77. The summed E-state index contributed by atoms with van der Waals surface area (Å²) in [5.74, 6) is -0.173. The number of hydrogen-bond acceptors (Lipinski definition) is 5. The lowest BCUT2D eigenvalue weighted by atomic mass is 10.1. The van der Waals surface area contributed by atoms with Crippen molar-refractivity contribution in [3.63, 3.8) is 0 Å². The zero-order valence-corrected chi connectivity index (χ0v) is 11.8. The lowest BCUT2D eigenvalue weighted by Crippen LogP contribution is -2.57. The summed E-state index contributed by atoms with van der Waals surface area (Å²) in [7, 11) is 2.03. The number of nitro groups is 1. The van der Waals surface area contributed by atoms with E-state index in [0.717, 1.165) is 19.3 Å². The van der Waals surface area contributed by atoms with Crippen LogP contribution in [0, 0.1) is 10.1 Å². The highest BCUT2D eigenvalue weighted by Gasteiger charge is 2.32. The van der Waals surface area contributed by atoms with Crippen molar-refractivity contribution in [1.82, 2.24) is 14.8 Å². The minimum absolute atomic E-state index is 0.0910. The first-order chi connectivity index (χ1) is 9.40. The highest BCUT2D eigenvalue weighted by Crippen LogP contribution is 2.18. The van der Waals surface area contributed by atoms with Gasteiger partial charge in [-0.3, -0.25) is 14.9 Å². The fourth-order valence-electron chi connectivity index (χ4n) is 2.74. The Morgan fingerprint density at radius 3 is 2.40 bits per heavy atom. The van der Waals surface area contributed by atoms with E-state index >= 15 is 0 Å². The molecule has 1 aromatic heterocycles. The van der Waals surface area contributed by atoms with Crippen LogP contribution in [0.25, 0.3) is 0 Å². The van der Waals surface area contributed by atoms with Crippen LogP contribution in [-0.4, -0.2) is 57.8 Å². The molecular formula is C13H18N4O3. The van der Waals surface area contributed by atoms with Crippen molar-refractivity contribution in [3.8, 4) is 0 Å². The van der Waals surface area contributed by atoms with Crippen molar-refractivity contribution in [2.45, 2.75) is 25.9 Å². The van der Waals surface area contributed by atoms with E-state index in [0.29, 0.717) is 0 Å². The molecule has 0 unspecified atom stereocenters. The minimum Gasteiger partial charge on any atom is -0.329 e. The molecule has 20 heavy (non-hydrogen) atoms. The summed E-state index contributed by atoms with van der Waals surface area (Å²) in [4.78, 5) is 30.4. The van der Waals surface area contributed by atoms with Crippen molar-refractivity contribution in [3.05, 3.63) is 34.1 Å². The van der Waals surface area contributed by atoms with E-state index in [-0.39, 0.29) is 29.4 Å². The molecule has 0 bridgehead atoms. The fraction of sp³-hybridized carbons (Fsp3) is 0.538. The molecule has 1 aliphatic heterocycles. The Morgan fingerprint density at radius 1 is 1.35 bits per heavy atom. The zero-order chi connectivity index (χ0) is 14.9. The first kappa shape index (κ1) is 14.4. The minimum atomic E-state index is -0.525. The van der Waals surface area contributed by atoms with Gasteiger partial charge in [-0.05, 0) is 27.0 Å². The number of hydrogen-bond donors (Lipinski definition) is 0. The lowest BCUT2D eigenvalue weighted by molar-refractivity contribution is -0.385. The molecule has 1 aliphatic rings. The number of nitrogens with zero attached hydrogens (tertiary/aromatic N) is 4. The molecule has 108 valence electrons. The van der Waals surface area contributed by atoms with Crippen LogP contribution in [0.5, 0.6) is 0 Å². The van der Waals surface area contributed by atoms with E-state index < -0.39 is 4.92 Å². The molecule has 0 radical (unpaired) electrons. The van der Waals surface area contributed by atoms with E-state index in [1.54, 1.807) is 4.90 Å². The van der Waals surface area contributed by atoms with Gasteiger partial charge in [-0.25, -0.2) is 4.98 Å². The van der Waals surface area contributed by atoms with E-state index in [2.05, 4.69) is 9.88 Å². The molecule has 0 aromatic carbocycles. The number of amides is 1. The van der Waals surface area contributed by atoms with E-state index in [1.807, 2.05) is 20.9 Å². The lowest BCUT2D eigenvalue weighted by Gasteiger charge is -2.43. The molecule has 7 heteroatoms. The van der Waals surface area contributed by atoms with Gasteiger partial charge in [-0.15, -0.1) is 0 Å². The molecule has 0 saturated carbocycles. The molecule has 1 amide bonds. The smallest absolute Gasteiger partial charge is 0.287 e. The van der Waals surface area contributed by atoms with Gasteiger partial charge in [0, 0.05) is 31.2 Å². The Kier molecular flexibility index (Phi) is 3.99. The monoisotopic (exact) mass is 278 g/mol. The number of likely N-dealkylation sites (N-methyl/N-ethyl adjacent to an activating group) is 1. The average molecular weight is 278 g/mol. The predicted octanol–water partition coefficient (Wildman–Crippen LogP) is 1.15. The number of pyridine rings is 1. The van der Waals surface area contributed by atoms with Crippen LogP contribution in [0.1, 0.15) is 24.3 Å². The summed E-state index contributed by atoms with van der Waals surface area (Å²) in [6, 6.07) is 2.91. The Balaban J connectivity index is 2.20. The third-order valence-electron chi connectivity index (χ3n) is 3.51. The highest BCUT2D eigenvalue weighted by atomic mass is 16.6. The van der Waals surface area contributed by atoms with Gasteiger partial charge in [-0.2, -0.15) is 0 Å². The predicted molar refractivity (Wildman–Crippen MR) is 73.5 cm³/mol. The summed E-state index contributed by atoms with van der Waals surface area (Å²) in [6.45, 7) is 5.61. The fourth-order valence-corrected chi connectivity index (χ4v) is 2.74. The maximum absolute atomic E-state index is 12.5. The molecule has 0 N–H and O–H groups in total. The van der Waals surface area contributed by atoms with Crippen molar-refractivity contribution in [2.24, 2.45) is 0 Å². The Bertz CT molecular complexity index is 505. The molecule has 0 spiro atoms. The van der Waals surface area contributed by atoms with Gasteiger partial charge in [0.2, 0.25) is 0 Å². The average Bonchev–Trinajstić information content (AvgIpc) is 2.37. The van der Waals surface area contributed by atoms with Gasteiger partial charge >= 0.3 is 0 Å². The second-order valence-corrected chi connectivity index (χ2v) is 5.29. The largest absolute Gasteiger partial charge is 0.329 e. The van der Waals surface area contributed by atoms with Crippen molar-refractivity contribution in [2.75, 3.05) is 20.1 Å². The maximum atomic E-state index is 12.5. The van der Waals surface area contributed by atoms with Crippen LogP contribution >= 0.6 is 0 Å². The summed E-state index contributed by atoms with van der Waals surface area (Å²) < 4.78 is 0. The van der Waals surface area contributed by atoms with Crippen LogP contribution in [-0.2, 0) is 0 Å². The third-order valence-corrected chi connectivity index (χ3v) is 3.51. The maximum Gasteiger partial charge on any atom is 0.287 e. The van der Waals surface area contributed by atoms with Crippen LogP contribution in [0.15, 0.2) is 18.3 Å². The Labute approximate surface area is 117 Å². The number of carbonyl (C=O) groups is 1. The molecule has 2 heterocycles. The topological polar surface area (TPSA) is 79.6 Å². The zero-order valence-electron chi connectivity index (χ0n) is 11.8. The van der Waals surface area contributed by atoms with Crippen LogP contribution < -0.4 is 0 Å². The van der Waals surface area contributed by atoms with Crippen molar-refractivity contribution < 1.29 is 9.72 Å². The SMILES string of the molecule is C[C@@H]1CN(C)C[C@H](C)N1C(=O)c1ccc([N+](=O)[O-])cn1. The van der Waals surface area contributed by atoms with Gasteiger partial charge in [-0.1, -0.05) is 0 Å². The Morgan fingerprint density at radius 2 is 1.95 bits per heavy atom. The van der Waals surface area contributed by atoms with Crippen LogP contribution in [0.2, 0.25) is 0 Å². The first-order valence-corrected chi connectivity index (χ1v) is 6.51. The molecule has 1 aromatic rings. The van der Waals surface area contributed by atoms with Gasteiger partial charge in [0.15, 0.2) is 0 Å². The summed E-state index contributed by atoms with van der Waals surface area (Å²) in [5, 5.41) is 10.6. The summed E-state index contributed by atoms with van der Waals surface area (Å²) in [6.07, 6.45) is 1.12. The Hall–Kier alpha value is -2.02. The number of carbonyl (C=O) groups excluding carboxylic acids is 1. The molecule has 7 nitrogen and oxygen atoms in total. The molecular weight excluding hydrogens is 260 g/mol. The molecule has 2 atom stereocenters. The second-order valence-electron chi connectivity index (χ2n) is 5.29. The summed E-state index contributed by atoms with van der Waals surface area (Å²) in [5.41, 5.74) is 0.139. The molecule has 2 rings (SSSR count). The quantitative estimate of drug-likeness (QED) is 0.599. The van der Waals surface area contributed by atoms with Crippen LogP contribution in [0.3, 0.4) is 0 Å². The number of aromatic nitrogens is 1. The molecule has 0 aliphatic carbocycles. The van der Waals surface area contributed by atoms with Crippen molar-refractivity contribution >= 4 is 11.6 Å². The van der Waals surface area contributed by atoms with E-state index in [9.17, 15) is 14.9 Å².